The third-order valence-electron chi connectivity index (χ3n) is 4.02. The fourth-order valence-corrected chi connectivity index (χ4v) is 3.25. The molecule has 0 unspecified atom stereocenters. The van der Waals surface area contributed by atoms with Gasteiger partial charge in [-0.25, -0.2) is 0 Å². The van der Waals surface area contributed by atoms with Gasteiger partial charge in [0.1, 0.15) is 0 Å². The van der Waals surface area contributed by atoms with Gasteiger partial charge in [0, 0.05) is 11.7 Å². The highest BCUT2D eigenvalue weighted by Gasteiger charge is 2.14. The maximum absolute atomic E-state index is 4.14. The Morgan fingerprint density at radius 2 is 1.48 bits per heavy atom. The maximum atomic E-state index is 4.14. The lowest BCUT2D eigenvalue weighted by molar-refractivity contribution is 0.585. The molecule has 1 N–H and O–H groups in total. The second-order valence-electron chi connectivity index (χ2n) is 6.79. The second-order valence-corrected chi connectivity index (χ2v) is 6.79. The average molecular weight is 318 g/mol. The summed E-state index contributed by atoms with van der Waals surface area (Å²) in [5.41, 5.74) is 7.84. The zero-order chi connectivity index (χ0) is 18.0. The van der Waals surface area contributed by atoms with Crippen LogP contribution < -0.4 is 5.32 Å². The molecule has 0 spiro atoms. The van der Waals surface area contributed by atoms with Crippen molar-refractivity contribution < 1.29 is 0 Å². The molecule has 0 heterocycles. The molecule has 0 radical (unpaired) electrons. The zero-order valence-electron chi connectivity index (χ0n) is 16.9. The number of hydrogen-bond acceptors (Lipinski definition) is 1. The molecule has 0 aliphatic rings. The topological polar surface area (TPSA) is 12.0 Å². The van der Waals surface area contributed by atoms with E-state index in [0.29, 0.717) is 6.04 Å². The molecule has 0 saturated heterocycles. The summed E-state index contributed by atoms with van der Waals surface area (Å²) in [5, 5.41) is 3.80. The van der Waals surface area contributed by atoms with E-state index in [9.17, 15) is 0 Å². The summed E-state index contributed by atoms with van der Waals surface area (Å²) in [6.07, 6.45) is 6.19. The predicted molar refractivity (Wildman–Crippen MR) is 109 cm³/mol. The normalized spacial score (nSPS) is 10.3. The molecule has 0 aromatic heterocycles. The van der Waals surface area contributed by atoms with Crippen LogP contribution in [0.15, 0.2) is 12.6 Å². The van der Waals surface area contributed by atoms with E-state index in [1.807, 2.05) is 0 Å². The van der Waals surface area contributed by atoms with Gasteiger partial charge in [-0.05, 0) is 62.8 Å². The van der Waals surface area contributed by atoms with E-state index < -0.39 is 0 Å². The van der Waals surface area contributed by atoms with Crippen molar-refractivity contribution in [3.63, 3.8) is 0 Å². The van der Waals surface area contributed by atoms with Crippen LogP contribution in [0.4, 0.5) is 5.69 Å². The Hall–Kier alpha value is -1.24. The minimum Gasteiger partial charge on any atom is -0.382 e. The van der Waals surface area contributed by atoms with Crippen molar-refractivity contribution in [2.75, 3.05) is 5.32 Å². The van der Waals surface area contributed by atoms with E-state index in [2.05, 4.69) is 73.4 Å². The fraction of sp³-hybridized carbons (Fsp3) is 0.636. The van der Waals surface area contributed by atoms with Crippen LogP contribution in [-0.2, 0) is 0 Å². The summed E-state index contributed by atoms with van der Waals surface area (Å²) >= 11 is 0. The number of nitrogens with one attached hydrogen (secondary N) is 1. The van der Waals surface area contributed by atoms with Gasteiger partial charge in [-0.15, -0.1) is 0 Å². The number of aryl methyl sites for hydroxylation is 2. The zero-order valence-corrected chi connectivity index (χ0v) is 16.9. The summed E-state index contributed by atoms with van der Waals surface area (Å²) in [7, 11) is 0. The Labute approximate surface area is 145 Å². The lowest BCUT2D eigenvalue weighted by Gasteiger charge is -2.24. The summed E-state index contributed by atoms with van der Waals surface area (Å²) < 4.78 is 0. The van der Waals surface area contributed by atoms with Crippen molar-refractivity contribution in [1.82, 2.24) is 0 Å². The molecule has 1 aromatic carbocycles. The van der Waals surface area contributed by atoms with Crippen LogP contribution in [0.5, 0.6) is 0 Å². The molecule has 0 aliphatic heterocycles. The quantitative estimate of drug-likeness (QED) is 0.551. The minimum absolute atomic E-state index is 0.586. The lowest BCUT2D eigenvalue weighted by Crippen LogP contribution is -2.20. The third-order valence-corrected chi connectivity index (χ3v) is 4.02. The number of allylic oxidation sites excluding steroid dienone is 1. The van der Waals surface area contributed by atoms with Gasteiger partial charge in [0.15, 0.2) is 0 Å². The van der Waals surface area contributed by atoms with Crippen molar-refractivity contribution in [3.05, 3.63) is 34.9 Å². The average Bonchev–Trinajstić information content (AvgIpc) is 2.44. The van der Waals surface area contributed by atoms with Crippen molar-refractivity contribution in [2.45, 2.75) is 93.5 Å². The smallest absolute Gasteiger partial charge is 0.0408 e. The summed E-state index contributed by atoms with van der Waals surface area (Å²) in [4.78, 5) is 0. The highest BCUT2D eigenvalue weighted by atomic mass is 14.9. The molecule has 1 aromatic rings. The molecule has 132 valence electrons. The Bertz CT molecular complexity index is 479. The molecule has 0 aliphatic carbocycles. The van der Waals surface area contributed by atoms with Crippen LogP contribution >= 0.6 is 0 Å². The molecule has 1 heteroatoms. The Kier molecular flexibility index (Phi) is 10.7. The Balaban J connectivity index is 0.00000149. The molecule has 0 fully saturated rings. The van der Waals surface area contributed by atoms with Crippen LogP contribution in [0, 0.1) is 20.8 Å². The molecule has 1 nitrogen and oxygen atoms in total. The third kappa shape index (κ3) is 6.81. The van der Waals surface area contributed by atoms with E-state index >= 15 is 0 Å². The first-order chi connectivity index (χ1) is 10.8. The van der Waals surface area contributed by atoms with Crippen molar-refractivity contribution in [1.29, 1.82) is 0 Å². The van der Waals surface area contributed by atoms with Crippen LogP contribution in [0.25, 0.3) is 5.57 Å². The molecule has 0 amide bonds. The van der Waals surface area contributed by atoms with Gasteiger partial charge in [0.25, 0.3) is 0 Å². The molecule has 0 saturated carbocycles. The second kappa shape index (κ2) is 11.3. The van der Waals surface area contributed by atoms with E-state index in [1.165, 1.54) is 60.0 Å². The summed E-state index contributed by atoms with van der Waals surface area (Å²) in [5.74, 6) is 0. The first-order valence-corrected chi connectivity index (χ1v) is 9.36. The number of rotatable bonds is 7. The van der Waals surface area contributed by atoms with Crippen LogP contribution in [0.2, 0.25) is 0 Å². The summed E-state index contributed by atoms with van der Waals surface area (Å²) in [6, 6.07) is 2.87. The molecular formula is C22H39N. The van der Waals surface area contributed by atoms with Crippen LogP contribution in [0.3, 0.4) is 0 Å². The fourth-order valence-electron chi connectivity index (χ4n) is 3.25. The molecule has 0 atom stereocenters. The van der Waals surface area contributed by atoms with E-state index in [4.69, 9.17) is 0 Å². The first kappa shape index (κ1) is 21.8. The Morgan fingerprint density at radius 1 is 1.00 bits per heavy atom. The minimum atomic E-state index is 0.586. The van der Waals surface area contributed by atoms with Crippen molar-refractivity contribution >= 4 is 11.3 Å². The largest absolute Gasteiger partial charge is 0.382 e. The summed E-state index contributed by atoms with van der Waals surface area (Å²) in [6.45, 7) is 21.6. The standard InChI is InChI=1S/C19H31N.C3H8/c1-8-10-17(11-9-2)20-19-15(6)12-14(5)18(13(3)4)16(19)7;1-3-2/h12,17,20H,3,8-11H2,1-2,4-7H3;3H2,1-2H3. The lowest BCUT2D eigenvalue weighted by atomic mass is 9.92. The van der Waals surface area contributed by atoms with Gasteiger partial charge in [-0.1, -0.05) is 65.2 Å². The predicted octanol–water partition coefficient (Wildman–Crippen LogP) is 7.44. The highest BCUT2D eigenvalue weighted by molar-refractivity contribution is 5.75. The maximum Gasteiger partial charge on any atom is 0.0408 e. The van der Waals surface area contributed by atoms with Gasteiger partial charge in [0.2, 0.25) is 0 Å². The van der Waals surface area contributed by atoms with Gasteiger partial charge in [-0.2, -0.15) is 0 Å². The highest BCUT2D eigenvalue weighted by Crippen LogP contribution is 2.32. The number of hydrogen-bond donors (Lipinski definition) is 1. The number of benzene rings is 1. The van der Waals surface area contributed by atoms with Gasteiger partial charge < -0.3 is 5.32 Å². The molecule has 23 heavy (non-hydrogen) atoms. The van der Waals surface area contributed by atoms with E-state index in [1.54, 1.807) is 0 Å². The van der Waals surface area contributed by atoms with Gasteiger partial charge >= 0.3 is 0 Å². The van der Waals surface area contributed by atoms with Gasteiger partial charge in [0.05, 0.1) is 0 Å². The number of anilines is 1. The molecule has 0 bridgehead atoms. The van der Waals surface area contributed by atoms with Crippen LogP contribution in [0.1, 0.15) is 89.0 Å². The van der Waals surface area contributed by atoms with Crippen molar-refractivity contribution in [2.24, 2.45) is 0 Å². The van der Waals surface area contributed by atoms with Gasteiger partial charge in [-0.3, -0.25) is 0 Å². The van der Waals surface area contributed by atoms with Crippen molar-refractivity contribution in [3.8, 4) is 0 Å². The van der Waals surface area contributed by atoms with Crippen LogP contribution in [-0.4, -0.2) is 6.04 Å². The Morgan fingerprint density at radius 3 is 1.87 bits per heavy atom. The van der Waals surface area contributed by atoms with E-state index in [0.717, 1.165) is 5.57 Å². The SMILES string of the molecule is C=C(C)c1c(C)cc(C)c(NC(CCC)CCC)c1C.CCC. The molecular weight excluding hydrogens is 278 g/mol. The first-order valence-electron chi connectivity index (χ1n) is 9.36. The van der Waals surface area contributed by atoms with E-state index in [-0.39, 0.29) is 0 Å². The molecule has 1 rings (SSSR count). The monoisotopic (exact) mass is 317 g/mol.